The molecule has 1 aliphatic heterocycles. The third-order valence-electron chi connectivity index (χ3n) is 2.11. The lowest BCUT2D eigenvalue weighted by atomic mass is 9.99. The topological polar surface area (TPSA) is 23.5 Å². The minimum atomic E-state index is 0.461. The Kier molecular flexibility index (Phi) is 1.81. The van der Waals surface area contributed by atoms with Crippen LogP contribution in [0.25, 0.3) is 0 Å². The van der Waals surface area contributed by atoms with Gasteiger partial charge in [-0.25, -0.2) is 5.06 Å². The average molecular weight is 139 g/mol. The number of rotatable bonds is 0. The van der Waals surface area contributed by atoms with Gasteiger partial charge < -0.3 is 0 Å². The van der Waals surface area contributed by atoms with E-state index in [1.165, 1.54) is 5.57 Å². The van der Waals surface area contributed by atoms with Crippen molar-refractivity contribution in [2.24, 2.45) is 5.92 Å². The van der Waals surface area contributed by atoms with E-state index in [1.807, 2.05) is 19.9 Å². The second-order valence-electron chi connectivity index (χ2n) is 2.74. The summed E-state index contributed by atoms with van der Waals surface area (Å²) in [7, 11) is 0. The van der Waals surface area contributed by atoms with E-state index in [1.54, 1.807) is 6.20 Å². The van der Waals surface area contributed by atoms with E-state index in [2.05, 4.69) is 6.92 Å². The van der Waals surface area contributed by atoms with Crippen LogP contribution in [-0.2, 0) is 0 Å². The summed E-state index contributed by atoms with van der Waals surface area (Å²) in [5.41, 5.74) is 2.17. The fourth-order valence-electron chi connectivity index (χ4n) is 0.977. The molecule has 0 aromatic rings. The maximum atomic E-state index is 9.15. The monoisotopic (exact) mass is 139 g/mol. The molecule has 0 saturated carbocycles. The highest BCUT2D eigenvalue weighted by Crippen LogP contribution is 2.22. The number of allylic oxidation sites excluding steroid dienone is 3. The van der Waals surface area contributed by atoms with Crippen molar-refractivity contribution >= 4 is 0 Å². The molecule has 10 heavy (non-hydrogen) atoms. The second kappa shape index (κ2) is 2.46. The molecule has 56 valence electrons. The minimum Gasteiger partial charge on any atom is -0.284 e. The summed E-state index contributed by atoms with van der Waals surface area (Å²) >= 11 is 0. The van der Waals surface area contributed by atoms with Gasteiger partial charge in [0, 0.05) is 11.9 Å². The minimum absolute atomic E-state index is 0.461. The highest BCUT2D eigenvalue weighted by atomic mass is 16.5. The van der Waals surface area contributed by atoms with E-state index < -0.39 is 0 Å². The molecular formula is C8H13NO. The molecule has 0 aromatic heterocycles. The average Bonchev–Trinajstić information content (AvgIpc) is 1.93. The summed E-state index contributed by atoms with van der Waals surface area (Å²) in [6.45, 7) is 6.06. The zero-order valence-corrected chi connectivity index (χ0v) is 6.63. The third kappa shape index (κ3) is 1.07. The van der Waals surface area contributed by atoms with E-state index >= 15 is 0 Å². The second-order valence-corrected chi connectivity index (χ2v) is 2.74. The van der Waals surface area contributed by atoms with Crippen molar-refractivity contribution in [2.45, 2.75) is 20.8 Å². The Balaban J connectivity index is 2.88. The summed E-state index contributed by atoms with van der Waals surface area (Å²) in [6.07, 6.45) is 3.66. The van der Waals surface area contributed by atoms with Gasteiger partial charge in [0.05, 0.1) is 0 Å². The fourth-order valence-corrected chi connectivity index (χ4v) is 0.977. The molecule has 2 heteroatoms. The van der Waals surface area contributed by atoms with Crippen LogP contribution in [0.3, 0.4) is 0 Å². The first-order valence-corrected chi connectivity index (χ1v) is 3.46. The van der Waals surface area contributed by atoms with Crippen molar-refractivity contribution in [3.8, 4) is 0 Å². The van der Waals surface area contributed by atoms with Crippen molar-refractivity contribution in [3.05, 3.63) is 23.5 Å². The SMILES string of the molecule is CC1=C(C)N(O)C=CC1C. The first-order chi connectivity index (χ1) is 4.63. The van der Waals surface area contributed by atoms with Gasteiger partial charge in [0.25, 0.3) is 0 Å². The summed E-state index contributed by atoms with van der Waals surface area (Å²) in [5, 5.41) is 10.3. The van der Waals surface area contributed by atoms with Gasteiger partial charge in [0.15, 0.2) is 0 Å². The van der Waals surface area contributed by atoms with Crippen LogP contribution in [0, 0.1) is 5.92 Å². The Hall–Kier alpha value is -0.760. The quantitative estimate of drug-likeness (QED) is 0.555. The zero-order valence-electron chi connectivity index (χ0n) is 6.63. The number of hydrogen-bond donors (Lipinski definition) is 1. The van der Waals surface area contributed by atoms with E-state index in [4.69, 9.17) is 5.21 Å². The van der Waals surface area contributed by atoms with Crippen molar-refractivity contribution in [2.75, 3.05) is 0 Å². The van der Waals surface area contributed by atoms with Gasteiger partial charge in [-0.3, -0.25) is 5.21 Å². The lowest BCUT2D eigenvalue weighted by molar-refractivity contribution is -0.00805. The van der Waals surface area contributed by atoms with E-state index in [0.29, 0.717) is 5.92 Å². The smallest absolute Gasteiger partial charge is 0.0424 e. The van der Waals surface area contributed by atoms with E-state index in [0.717, 1.165) is 10.8 Å². The lowest BCUT2D eigenvalue weighted by Gasteiger charge is -2.23. The lowest BCUT2D eigenvalue weighted by Crippen LogP contribution is -2.16. The molecule has 1 N–H and O–H groups in total. The van der Waals surface area contributed by atoms with Gasteiger partial charge in [-0.05, 0) is 25.3 Å². The van der Waals surface area contributed by atoms with Crippen molar-refractivity contribution in [3.63, 3.8) is 0 Å². The Morgan fingerprint density at radius 3 is 2.60 bits per heavy atom. The largest absolute Gasteiger partial charge is 0.284 e. The van der Waals surface area contributed by atoms with Gasteiger partial charge in [-0.2, -0.15) is 0 Å². The molecule has 0 radical (unpaired) electrons. The number of hydroxylamine groups is 2. The number of hydrogen-bond acceptors (Lipinski definition) is 2. The Bertz CT molecular complexity index is 173. The fraction of sp³-hybridized carbons (Fsp3) is 0.500. The van der Waals surface area contributed by atoms with Gasteiger partial charge >= 0.3 is 0 Å². The highest BCUT2D eigenvalue weighted by Gasteiger charge is 2.11. The van der Waals surface area contributed by atoms with Gasteiger partial charge in [0.1, 0.15) is 0 Å². The van der Waals surface area contributed by atoms with Crippen molar-refractivity contribution in [1.29, 1.82) is 0 Å². The summed E-state index contributed by atoms with van der Waals surface area (Å²) in [5.74, 6) is 0.461. The van der Waals surface area contributed by atoms with E-state index in [9.17, 15) is 0 Å². The predicted octanol–water partition coefficient (Wildman–Crippen LogP) is 2.13. The van der Waals surface area contributed by atoms with Crippen LogP contribution in [0.4, 0.5) is 0 Å². The third-order valence-corrected chi connectivity index (χ3v) is 2.11. The van der Waals surface area contributed by atoms with Crippen LogP contribution in [0.15, 0.2) is 23.5 Å². The van der Waals surface area contributed by atoms with Crippen molar-refractivity contribution < 1.29 is 5.21 Å². The highest BCUT2D eigenvalue weighted by molar-refractivity contribution is 5.20. The van der Waals surface area contributed by atoms with Crippen LogP contribution in [0.5, 0.6) is 0 Å². The standard InChI is InChI=1S/C8H13NO/c1-6-4-5-9(10)8(3)7(6)2/h4-6,10H,1-3H3. The molecule has 1 atom stereocenters. The molecule has 2 nitrogen and oxygen atoms in total. The van der Waals surface area contributed by atoms with Gasteiger partial charge in [0.2, 0.25) is 0 Å². The van der Waals surface area contributed by atoms with Crippen molar-refractivity contribution in [1.82, 2.24) is 5.06 Å². The summed E-state index contributed by atoms with van der Waals surface area (Å²) in [6, 6.07) is 0. The van der Waals surface area contributed by atoms with Gasteiger partial charge in [-0.1, -0.05) is 13.0 Å². The maximum absolute atomic E-state index is 9.15. The first kappa shape index (κ1) is 7.35. The van der Waals surface area contributed by atoms with Gasteiger partial charge in [-0.15, -0.1) is 0 Å². The van der Waals surface area contributed by atoms with Crippen LogP contribution < -0.4 is 0 Å². The number of nitrogens with zero attached hydrogens (tertiary/aromatic N) is 1. The van der Waals surface area contributed by atoms with E-state index in [-0.39, 0.29) is 0 Å². The zero-order chi connectivity index (χ0) is 7.72. The normalized spacial score (nSPS) is 26.0. The Labute approximate surface area is 61.4 Å². The summed E-state index contributed by atoms with van der Waals surface area (Å²) < 4.78 is 0. The molecule has 0 bridgehead atoms. The molecule has 1 rings (SSSR count). The van der Waals surface area contributed by atoms with Crippen LogP contribution >= 0.6 is 0 Å². The maximum Gasteiger partial charge on any atom is 0.0424 e. The first-order valence-electron chi connectivity index (χ1n) is 3.46. The molecule has 1 unspecified atom stereocenters. The van der Waals surface area contributed by atoms with Crippen LogP contribution in [0.1, 0.15) is 20.8 Å². The molecular weight excluding hydrogens is 126 g/mol. The molecule has 0 aromatic carbocycles. The van der Waals surface area contributed by atoms with Crippen LogP contribution in [-0.4, -0.2) is 10.3 Å². The molecule has 0 saturated heterocycles. The Morgan fingerprint density at radius 2 is 2.10 bits per heavy atom. The molecule has 1 heterocycles. The molecule has 0 amide bonds. The molecule has 1 aliphatic rings. The predicted molar refractivity (Wildman–Crippen MR) is 40.3 cm³/mol. The Morgan fingerprint density at radius 1 is 1.50 bits per heavy atom. The molecule has 0 spiro atoms. The molecule has 0 aliphatic carbocycles. The van der Waals surface area contributed by atoms with Crippen LogP contribution in [0.2, 0.25) is 0 Å². The molecule has 0 fully saturated rings. The summed E-state index contributed by atoms with van der Waals surface area (Å²) in [4.78, 5) is 0.